The number of halogens is 3. The lowest BCUT2D eigenvalue weighted by Gasteiger charge is -2.37. The molecule has 3 aliphatic heterocycles. The molecule has 3 unspecified atom stereocenters. The molecule has 0 aromatic heterocycles. The van der Waals surface area contributed by atoms with Gasteiger partial charge in [-0.25, -0.2) is 4.99 Å². The third-order valence-electron chi connectivity index (χ3n) is 7.07. The van der Waals surface area contributed by atoms with E-state index in [1.54, 1.807) is 6.08 Å². The fourth-order valence-electron chi connectivity index (χ4n) is 5.42. The second-order valence-electron chi connectivity index (χ2n) is 9.07. The minimum Gasteiger partial charge on any atom is -0.347 e. The Labute approximate surface area is 182 Å². The minimum atomic E-state index is -4.70. The van der Waals surface area contributed by atoms with Crippen LogP contribution in [0.1, 0.15) is 38.5 Å². The quantitative estimate of drug-likeness (QED) is 0.618. The number of nitrogens with zero attached hydrogens (tertiary/aromatic N) is 2. The molecule has 0 radical (unpaired) electrons. The molecule has 6 aliphatic rings. The molecule has 1 saturated heterocycles. The van der Waals surface area contributed by atoms with Gasteiger partial charge in [0.25, 0.3) is 0 Å². The van der Waals surface area contributed by atoms with E-state index in [4.69, 9.17) is 9.47 Å². The number of hydrogen-bond acceptors (Lipinski definition) is 5. The molecule has 0 bridgehead atoms. The summed E-state index contributed by atoms with van der Waals surface area (Å²) in [6, 6.07) is 0. The number of thioether (sulfide) groups is 1. The molecule has 0 aromatic carbocycles. The molecule has 2 fully saturated rings. The van der Waals surface area contributed by atoms with Crippen molar-refractivity contribution in [3.63, 3.8) is 0 Å². The minimum absolute atomic E-state index is 0.193. The van der Waals surface area contributed by atoms with Crippen LogP contribution < -0.4 is 0 Å². The zero-order valence-electron chi connectivity index (χ0n) is 16.9. The lowest BCUT2D eigenvalue weighted by molar-refractivity contribution is -0.162. The molecule has 3 aliphatic carbocycles. The first kappa shape index (κ1) is 20.1. The van der Waals surface area contributed by atoms with Crippen LogP contribution in [0.3, 0.4) is 0 Å². The molecule has 1 amide bonds. The van der Waals surface area contributed by atoms with Crippen molar-refractivity contribution in [2.45, 2.75) is 55.9 Å². The molecule has 166 valence electrons. The van der Waals surface area contributed by atoms with Crippen LogP contribution in [-0.4, -0.2) is 47.2 Å². The van der Waals surface area contributed by atoms with Gasteiger partial charge < -0.3 is 9.47 Å². The van der Waals surface area contributed by atoms with Gasteiger partial charge in [-0.3, -0.25) is 9.69 Å². The van der Waals surface area contributed by atoms with Gasteiger partial charge in [0, 0.05) is 18.5 Å². The first-order valence-electron chi connectivity index (χ1n) is 10.9. The summed E-state index contributed by atoms with van der Waals surface area (Å²) in [5.74, 6) is -2.25. The van der Waals surface area contributed by atoms with Crippen molar-refractivity contribution >= 4 is 23.5 Å². The smallest absolute Gasteiger partial charge is 0.347 e. The van der Waals surface area contributed by atoms with Crippen LogP contribution in [-0.2, 0) is 14.3 Å². The molecule has 9 heteroatoms. The number of ether oxygens (including phenoxy) is 2. The van der Waals surface area contributed by atoms with Crippen molar-refractivity contribution in [3.05, 3.63) is 34.4 Å². The summed E-state index contributed by atoms with van der Waals surface area (Å²) in [6.45, 7) is 1.04. The van der Waals surface area contributed by atoms with E-state index < -0.39 is 35.0 Å². The summed E-state index contributed by atoms with van der Waals surface area (Å²) in [5, 5.41) is -0.769. The van der Waals surface area contributed by atoms with Gasteiger partial charge >= 0.3 is 6.18 Å². The number of carbonyl (C=O) groups excluding carboxylic acids is 1. The summed E-state index contributed by atoms with van der Waals surface area (Å²) in [6.07, 6.45) is 5.37. The Morgan fingerprint density at radius 2 is 2.00 bits per heavy atom. The van der Waals surface area contributed by atoms with Gasteiger partial charge in [0.1, 0.15) is 5.37 Å². The Morgan fingerprint density at radius 1 is 1.23 bits per heavy atom. The summed E-state index contributed by atoms with van der Waals surface area (Å²) in [5.41, 5.74) is 1.23. The van der Waals surface area contributed by atoms with Crippen molar-refractivity contribution in [1.29, 1.82) is 0 Å². The summed E-state index contributed by atoms with van der Waals surface area (Å²) in [4.78, 5) is 19.4. The van der Waals surface area contributed by atoms with Gasteiger partial charge in [0.2, 0.25) is 11.7 Å². The standard InChI is InChI=1S/C22H23F3N2O3S/c23-22(24,25)20-26-18-17(15-6-7-21(11-16(15)31-18)29-8-9-30-21)19(28)27(20)14-3-1-2-13(10-14)12-4-5-12/h1,3,10,12-13,17-18H,2,4-9,11H2. The van der Waals surface area contributed by atoms with Crippen LogP contribution in [0, 0.1) is 17.8 Å². The van der Waals surface area contributed by atoms with Crippen LogP contribution in [0.15, 0.2) is 39.4 Å². The molecule has 0 aromatic rings. The number of allylic oxidation sites excluding steroid dienone is 3. The predicted molar refractivity (Wildman–Crippen MR) is 109 cm³/mol. The van der Waals surface area contributed by atoms with Gasteiger partial charge in [0.05, 0.1) is 19.1 Å². The highest BCUT2D eigenvalue weighted by atomic mass is 32.2. The molecule has 6 rings (SSSR count). The Kier molecular flexibility index (Phi) is 4.50. The Bertz CT molecular complexity index is 944. The second-order valence-corrected chi connectivity index (χ2v) is 10.3. The average Bonchev–Trinajstić information content (AvgIpc) is 3.39. The third kappa shape index (κ3) is 3.31. The van der Waals surface area contributed by atoms with Gasteiger partial charge in [0.15, 0.2) is 5.79 Å². The molecule has 1 spiro atoms. The van der Waals surface area contributed by atoms with E-state index in [9.17, 15) is 18.0 Å². The number of fused-ring (bicyclic) bond motifs is 2. The highest BCUT2D eigenvalue weighted by Crippen LogP contribution is 2.55. The highest BCUT2D eigenvalue weighted by Gasteiger charge is 2.56. The van der Waals surface area contributed by atoms with Crippen molar-refractivity contribution in [2.75, 3.05) is 13.2 Å². The average molecular weight is 452 g/mol. The van der Waals surface area contributed by atoms with Crippen molar-refractivity contribution < 1.29 is 27.4 Å². The number of amidine groups is 1. The number of rotatable bonds is 2. The fraction of sp³-hybridized carbons (Fsp3) is 0.636. The Morgan fingerprint density at radius 3 is 2.71 bits per heavy atom. The van der Waals surface area contributed by atoms with E-state index in [1.807, 2.05) is 12.2 Å². The van der Waals surface area contributed by atoms with E-state index >= 15 is 0 Å². The Hall–Kier alpha value is -1.58. The molecule has 3 heterocycles. The second kappa shape index (κ2) is 6.96. The third-order valence-corrected chi connectivity index (χ3v) is 8.38. The molecular formula is C22H23F3N2O3S. The van der Waals surface area contributed by atoms with Crippen LogP contribution in [0.4, 0.5) is 13.2 Å². The van der Waals surface area contributed by atoms with Crippen LogP contribution in [0.5, 0.6) is 0 Å². The molecular weight excluding hydrogens is 429 g/mol. The maximum atomic E-state index is 14.0. The molecule has 3 atom stereocenters. The van der Waals surface area contributed by atoms with Gasteiger partial charge in [-0.2, -0.15) is 13.2 Å². The highest BCUT2D eigenvalue weighted by molar-refractivity contribution is 8.04. The van der Waals surface area contributed by atoms with Crippen molar-refractivity contribution in [2.24, 2.45) is 22.7 Å². The first-order chi connectivity index (χ1) is 14.8. The molecule has 0 N–H and O–H groups in total. The predicted octanol–water partition coefficient (Wildman–Crippen LogP) is 4.53. The van der Waals surface area contributed by atoms with E-state index in [2.05, 4.69) is 4.99 Å². The monoisotopic (exact) mass is 452 g/mol. The SMILES string of the molecule is O=C1C2C3=C(CC4(CC3)OCCO4)SC2N=C(C(F)(F)F)N1C1=CC(C2CC2)CC=C1. The maximum Gasteiger partial charge on any atom is 0.449 e. The number of carbonyl (C=O) groups is 1. The summed E-state index contributed by atoms with van der Waals surface area (Å²) >= 11 is 1.27. The maximum absolute atomic E-state index is 14.0. The summed E-state index contributed by atoms with van der Waals surface area (Å²) < 4.78 is 53.7. The van der Waals surface area contributed by atoms with Gasteiger partial charge in [-0.05, 0) is 54.1 Å². The lowest BCUT2D eigenvalue weighted by Crippen LogP contribution is -2.52. The van der Waals surface area contributed by atoms with Crippen molar-refractivity contribution in [1.82, 2.24) is 4.90 Å². The Balaban J connectivity index is 1.37. The zero-order valence-corrected chi connectivity index (χ0v) is 17.7. The molecule has 31 heavy (non-hydrogen) atoms. The van der Waals surface area contributed by atoms with E-state index in [0.717, 1.165) is 34.6 Å². The lowest BCUT2D eigenvalue weighted by atomic mass is 9.84. The van der Waals surface area contributed by atoms with E-state index in [0.29, 0.717) is 44.1 Å². The van der Waals surface area contributed by atoms with Gasteiger partial charge in [-0.15, -0.1) is 11.8 Å². The van der Waals surface area contributed by atoms with E-state index in [-0.39, 0.29) is 5.92 Å². The molecule has 1 saturated carbocycles. The number of alkyl halides is 3. The van der Waals surface area contributed by atoms with Crippen LogP contribution >= 0.6 is 11.8 Å². The zero-order chi connectivity index (χ0) is 21.4. The van der Waals surface area contributed by atoms with Crippen molar-refractivity contribution in [3.8, 4) is 0 Å². The molecule has 5 nitrogen and oxygen atoms in total. The van der Waals surface area contributed by atoms with Crippen LogP contribution in [0.25, 0.3) is 0 Å². The first-order valence-corrected chi connectivity index (χ1v) is 11.8. The largest absolute Gasteiger partial charge is 0.449 e. The number of hydrogen-bond donors (Lipinski definition) is 0. The normalized spacial score (nSPS) is 34.7. The number of amides is 1. The van der Waals surface area contributed by atoms with E-state index in [1.165, 1.54) is 11.8 Å². The van der Waals surface area contributed by atoms with Crippen LogP contribution in [0.2, 0.25) is 0 Å². The summed E-state index contributed by atoms with van der Waals surface area (Å²) in [7, 11) is 0. The number of aliphatic imine (C=N–C) groups is 1. The fourth-order valence-corrected chi connectivity index (χ4v) is 6.97. The topological polar surface area (TPSA) is 51.1 Å². The van der Waals surface area contributed by atoms with Gasteiger partial charge in [-0.1, -0.05) is 12.2 Å².